The smallest absolute Gasteiger partial charge is 0.313 e. The highest BCUT2D eigenvalue weighted by atomic mass is 19.3. The number of esters is 1. The lowest BCUT2D eigenvalue weighted by atomic mass is 9.73. The monoisotopic (exact) mass is 638 g/mol. The van der Waals surface area contributed by atoms with Crippen LogP contribution in [0.25, 0.3) is 11.3 Å². The van der Waals surface area contributed by atoms with Crippen LogP contribution in [0.2, 0.25) is 0 Å². The molecule has 3 heterocycles. The number of halogens is 2. The molecule has 0 aliphatic heterocycles. The lowest BCUT2D eigenvalue weighted by molar-refractivity contribution is -0.943. The van der Waals surface area contributed by atoms with Crippen LogP contribution in [0.4, 0.5) is 20.4 Å². The summed E-state index contributed by atoms with van der Waals surface area (Å²) in [4.78, 5) is 26.5. The van der Waals surface area contributed by atoms with E-state index in [1.807, 2.05) is 31.2 Å². The van der Waals surface area contributed by atoms with Crippen molar-refractivity contribution in [2.24, 2.45) is 11.8 Å². The van der Waals surface area contributed by atoms with Crippen molar-refractivity contribution in [2.75, 3.05) is 31.7 Å². The molecule has 0 amide bonds. The first-order valence-electron chi connectivity index (χ1n) is 16.7. The van der Waals surface area contributed by atoms with E-state index < -0.39 is 12.0 Å². The molecule has 3 aromatic heterocycles. The number of aryl methyl sites for hydroxylation is 1. The number of quaternary nitrogens is 1. The number of nitrogens with one attached hydrogen (secondary N) is 1. The molecule has 1 aliphatic carbocycles. The normalized spacial score (nSPS) is 18.3. The highest BCUT2D eigenvalue weighted by molar-refractivity contribution is 5.72. The minimum Gasteiger partial charge on any atom is -0.415 e. The summed E-state index contributed by atoms with van der Waals surface area (Å²) in [6.45, 7) is 13.8. The quantitative estimate of drug-likeness (QED) is 0.0987. The van der Waals surface area contributed by atoms with E-state index >= 15 is 0 Å². The first kappa shape index (κ1) is 35.4. The maximum atomic E-state index is 13.1. The fourth-order valence-electron chi connectivity index (χ4n) is 6.88. The van der Waals surface area contributed by atoms with E-state index in [1.165, 1.54) is 18.3 Å². The maximum Gasteiger partial charge on any atom is 0.313 e. The summed E-state index contributed by atoms with van der Waals surface area (Å²) in [5.74, 6) is 0.479. The maximum absolute atomic E-state index is 13.1. The molecule has 46 heavy (non-hydrogen) atoms. The van der Waals surface area contributed by atoms with E-state index in [0.29, 0.717) is 49.6 Å². The highest BCUT2D eigenvalue weighted by Crippen LogP contribution is 2.41. The highest BCUT2D eigenvalue weighted by Gasteiger charge is 2.40. The van der Waals surface area contributed by atoms with Crippen LogP contribution in [0.1, 0.15) is 95.9 Å². The summed E-state index contributed by atoms with van der Waals surface area (Å²) in [5, 5.41) is 14.7. The summed E-state index contributed by atoms with van der Waals surface area (Å²) in [7, 11) is 0. The fraction of sp³-hybridized carbons (Fsp3) is 0.556. The van der Waals surface area contributed by atoms with E-state index in [-0.39, 0.29) is 29.2 Å². The third-order valence-corrected chi connectivity index (χ3v) is 9.27. The second-order valence-electron chi connectivity index (χ2n) is 13.0. The van der Waals surface area contributed by atoms with Crippen LogP contribution < -0.4 is 5.32 Å². The van der Waals surface area contributed by atoms with Gasteiger partial charge in [-0.15, -0.1) is 0 Å². The number of pyridine rings is 3. The first-order chi connectivity index (χ1) is 22.0. The molecule has 8 nitrogen and oxygen atoms in total. The molecular formula is C36H50F2N5O3+. The van der Waals surface area contributed by atoms with E-state index in [4.69, 9.17) is 4.74 Å². The lowest BCUT2D eigenvalue weighted by Crippen LogP contribution is -2.52. The third-order valence-electron chi connectivity index (χ3n) is 9.27. The van der Waals surface area contributed by atoms with Crippen LogP contribution in [0.5, 0.6) is 0 Å². The van der Waals surface area contributed by atoms with Crippen molar-refractivity contribution < 1.29 is 27.9 Å². The van der Waals surface area contributed by atoms with Crippen LogP contribution in [-0.4, -0.2) is 56.9 Å². The number of hydrogen-bond acceptors (Lipinski definition) is 7. The van der Waals surface area contributed by atoms with Gasteiger partial charge in [-0.05, 0) is 107 Å². The van der Waals surface area contributed by atoms with Gasteiger partial charge < -0.3 is 15.2 Å². The molecule has 0 saturated heterocycles. The Kier molecular flexibility index (Phi) is 12.2. The van der Waals surface area contributed by atoms with Gasteiger partial charge in [0.2, 0.25) is 6.73 Å². The number of carbonyl (C=O) groups is 1. The van der Waals surface area contributed by atoms with Crippen molar-refractivity contribution >= 4 is 17.6 Å². The average molecular weight is 639 g/mol. The molecule has 0 bridgehead atoms. The topological polar surface area (TPSA) is 97.2 Å². The zero-order valence-electron chi connectivity index (χ0n) is 27.9. The molecule has 3 aromatic rings. The number of anilines is 2. The van der Waals surface area contributed by atoms with Gasteiger partial charge in [-0.2, -0.15) is 0 Å². The molecule has 0 spiro atoms. The number of hydrogen-bond donors (Lipinski definition) is 2. The van der Waals surface area contributed by atoms with Crippen molar-refractivity contribution in [2.45, 2.75) is 91.6 Å². The van der Waals surface area contributed by atoms with Gasteiger partial charge in [0.1, 0.15) is 17.2 Å². The molecule has 250 valence electrons. The molecular weight excluding hydrogens is 588 g/mol. The van der Waals surface area contributed by atoms with Gasteiger partial charge in [0.25, 0.3) is 6.43 Å². The zero-order valence-corrected chi connectivity index (χ0v) is 27.9. The average Bonchev–Trinajstić information content (AvgIpc) is 3.04. The Morgan fingerprint density at radius 3 is 2.26 bits per heavy atom. The standard InChI is InChI=1S/C36H50F2N5O3/c1-6-17-43(18-7-2,19-8-3)24-46-35(44)26-9-12-29(13-10-26)36(5,45)31-14-11-28(23-40-31)30-20-25(4)21-33(41-30)42-32-22-27(34(37)38)15-16-39-32/h11,14-16,20-23,26,29,34,45H,6-10,12-13,17-19,24H2,1-5H3,(H,39,41,42)/q+1/t26?,29?,36-/m1/s1. The number of rotatable bonds is 15. The molecule has 0 radical (unpaired) electrons. The summed E-state index contributed by atoms with van der Waals surface area (Å²) in [6, 6.07) is 10.0. The lowest BCUT2D eigenvalue weighted by Gasteiger charge is -2.39. The molecule has 1 atom stereocenters. The van der Waals surface area contributed by atoms with E-state index in [1.54, 1.807) is 13.1 Å². The van der Waals surface area contributed by atoms with Crippen LogP contribution in [0.3, 0.4) is 0 Å². The van der Waals surface area contributed by atoms with Crippen molar-refractivity contribution in [3.05, 3.63) is 65.6 Å². The van der Waals surface area contributed by atoms with Crippen LogP contribution in [0.15, 0.2) is 48.8 Å². The van der Waals surface area contributed by atoms with Gasteiger partial charge in [0, 0.05) is 23.5 Å². The van der Waals surface area contributed by atoms with Crippen LogP contribution in [0, 0.1) is 18.8 Å². The van der Waals surface area contributed by atoms with Gasteiger partial charge in [0.05, 0.1) is 36.9 Å². The number of nitrogens with zero attached hydrogens (tertiary/aromatic N) is 4. The molecule has 10 heteroatoms. The largest absolute Gasteiger partial charge is 0.415 e. The zero-order chi connectivity index (χ0) is 33.3. The molecule has 2 N–H and O–H groups in total. The number of ether oxygens (including phenoxy) is 1. The van der Waals surface area contributed by atoms with E-state index in [2.05, 4.69) is 41.0 Å². The fourth-order valence-corrected chi connectivity index (χ4v) is 6.88. The number of alkyl halides is 2. The number of aromatic nitrogens is 3. The van der Waals surface area contributed by atoms with Crippen LogP contribution >= 0.6 is 0 Å². The van der Waals surface area contributed by atoms with Gasteiger partial charge in [-0.3, -0.25) is 14.3 Å². The molecule has 1 aliphatic rings. The van der Waals surface area contributed by atoms with Gasteiger partial charge in [-0.25, -0.2) is 18.7 Å². The predicted octanol–water partition coefficient (Wildman–Crippen LogP) is 8.09. The SMILES string of the molecule is CCC[N+](CCC)(CCC)COC(=O)C1CCC([C@@](C)(O)c2ccc(-c3cc(C)cc(Nc4cc(C(F)F)ccn4)n3)cn2)CC1. The minimum atomic E-state index is -2.59. The Hall–Kier alpha value is -3.50. The molecule has 0 unspecified atom stereocenters. The Morgan fingerprint density at radius 2 is 1.67 bits per heavy atom. The van der Waals surface area contributed by atoms with Crippen LogP contribution in [-0.2, 0) is 15.1 Å². The van der Waals surface area contributed by atoms with Crippen molar-refractivity contribution in [1.29, 1.82) is 0 Å². The minimum absolute atomic E-state index is 0.0329. The number of carbonyl (C=O) groups excluding carboxylic acids is 1. The van der Waals surface area contributed by atoms with E-state index in [0.717, 1.165) is 54.5 Å². The molecule has 0 aromatic carbocycles. The van der Waals surface area contributed by atoms with Crippen molar-refractivity contribution in [3.63, 3.8) is 0 Å². The van der Waals surface area contributed by atoms with E-state index in [9.17, 15) is 18.7 Å². The number of aliphatic hydroxyl groups is 1. The summed E-state index contributed by atoms with van der Waals surface area (Å²) >= 11 is 0. The van der Waals surface area contributed by atoms with Crippen molar-refractivity contribution in [1.82, 2.24) is 15.0 Å². The van der Waals surface area contributed by atoms with Gasteiger partial charge in [-0.1, -0.05) is 20.8 Å². The second kappa shape index (κ2) is 15.9. The Bertz CT molecular complexity index is 1410. The van der Waals surface area contributed by atoms with Gasteiger partial charge >= 0.3 is 5.97 Å². The van der Waals surface area contributed by atoms with Crippen molar-refractivity contribution in [3.8, 4) is 11.3 Å². The summed E-state index contributed by atoms with van der Waals surface area (Å²) < 4.78 is 33.0. The molecule has 4 rings (SSSR count). The first-order valence-corrected chi connectivity index (χ1v) is 16.7. The Labute approximate surface area is 272 Å². The molecule has 1 saturated carbocycles. The summed E-state index contributed by atoms with van der Waals surface area (Å²) in [5.41, 5.74) is 1.64. The molecule has 1 fully saturated rings. The van der Waals surface area contributed by atoms with Gasteiger partial charge in [0.15, 0.2) is 0 Å². The Balaban J connectivity index is 1.38. The summed E-state index contributed by atoms with van der Waals surface area (Å²) in [6.07, 6.45) is 6.42. The predicted molar refractivity (Wildman–Crippen MR) is 176 cm³/mol. The Morgan fingerprint density at radius 1 is 1.00 bits per heavy atom. The third kappa shape index (κ3) is 8.85. The second-order valence-corrected chi connectivity index (χ2v) is 13.0.